The Morgan fingerprint density at radius 1 is 0.413 bits per heavy atom. The number of hydrogen-bond acceptors (Lipinski definition) is 3. The number of rotatable bonds is 5. The van der Waals surface area contributed by atoms with E-state index in [9.17, 15) is 0 Å². The van der Waals surface area contributed by atoms with E-state index in [4.69, 9.17) is 4.42 Å². The predicted molar refractivity (Wildman–Crippen MR) is 192 cm³/mol. The number of pyridine rings is 1. The molecule has 0 aliphatic heterocycles. The molecule has 0 aliphatic carbocycles. The van der Waals surface area contributed by atoms with E-state index < -0.39 is 0 Å². The molecule has 0 aliphatic rings. The van der Waals surface area contributed by atoms with E-state index in [0.29, 0.717) is 0 Å². The fourth-order valence-corrected chi connectivity index (χ4v) is 6.63. The number of anilines is 3. The van der Waals surface area contributed by atoms with Gasteiger partial charge in [0.25, 0.3) is 0 Å². The van der Waals surface area contributed by atoms with Gasteiger partial charge < -0.3 is 9.32 Å². The van der Waals surface area contributed by atoms with E-state index in [2.05, 4.69) is 162 Å². The molecule has 9 rings (SSSR count). The van der Waals surface area contributed by atoms with Gasteiger partial charge in [0, 0.05) is 51.7 Å². The minimum Gasteiger partial charge on any atom is -0.456 e. The van der Waals surface area contributed by atoms with E-state index in [-0.39, 0.29) is 0 Å². The Balaban J connectivity index is 1.17. The second kappa shape index (κ2) is 10.8. The molecule has 0 bridgehead atoms. The highest BCUT2D eigenvalue weighted by Gasteiger charge is 2.17. The Morgan fingerprint density at radius 2 is 1.09 bits per heavy atom. The number of benzene rings is 7. The van der Waals surface area contributed by atoms with Crippen molar-refractivity contribution in [2.75, 3.05) is 4.90 Å². The summed E-state index contributed by atoms with van der Waals surface area (Å²) in [4.78, 5) is 6.62. The molecule has 3 nitrogen and oxygen atoms in total. The summed E-state index contributed by atoms with van der Waals surface area (Å²) in [6.07, 6.45) is 3.73. The standard InChI is InChI=1S/C43H28N2O/c1-2-7-29(8-3-1)30-13-17-35(18-14-30)45(36-19-15-32(16-20-36)39-12-6-10-31-9-4-5-11-38(31)39)37-21-22-40-41-25-34-28-44-24-23-33(34)26-42(41)46-43(40)27-37/h1-28H. The highest BCUT2D eigenvalue weighted by Crippen LogP contribution is 2.40. The van der Waals surface area contributed by atoms with Crippen LogP contribution in [0.15, 0.2) is 175 Å². The van der Waals surface area contributed by atoms with E-state index in [1.54, 1.807) is 0 Å². The Labute approximate surface area is 266 Å². The summed E-state index contributed by atoms with van der Waals surface area (Å²) in [5.74, 6) is 0. The van der Waals surface area contributed by atoms with Crippen molar-refractivity contribution in [3.63, 3.8) is 0 Å². The van der Waals surface area contributed by atoms with Gasteiger partial charge in [-0.05, 0) is 93.0 Å². The summed E-state index contributed by atoms with van der Waals surface area (Å²) in [6, 6.07) is 56.1. The van der Waals surface area contributed by atoms with Crippen molar-refractivity contribution in [2.45, 2.75) is 0 Å². The van der Waals surface area contributed by atoms with E-state index in [1.165, 1.54) is 33.0 Å². The van der Waals surface area contributed by atoms with Crippen molar-refractivity contribution < 1.29 is 4.42 Å². The zero-order valence-corrected chi connectivity index (χ0v) is 25.0. The first-order chi connectivity index (χ1) is 22.8. The maximum absolute atomic E-state index is 6.47. The van der Waals surface area contributed by atoms with Gasteiger partial charge in [-0.2, -0.15) is 0 Å². The summed E-state index contributed by atoms with van der Waals surface area (Å²) in [5, 5.41) is 6.91. The van der Waals surface area contributed by atoms with Gasteiger partial charge in [0.2, 0.25) is 0 Å². The van der Waals surface area contributed by atoms with Gasteiger partial charge in [-0.3, -0.25) is 4.98 Å². The van der Waals surface area contributed by atoms with E-state index in [0.717, 1.165) is 49.8 Å². The molecular formula is C43H28N2O. The van der Waals surface area contributed by atoms with E-state index >= 15 is 0 Å². The van der Waals surface area contributed by atoms with Crippen LogP contribution in [-0.4, -0.2) is 4.98 Å². The predicted octanol–water partition coefficient (Wildman–Crippen LogP) is 12.1. The topological polar surface area (TPSA) is 29.3 Å². The van der Waals surface area contributed by atoms with Gasteiger partial charge in [0.05, 0.1) is 0 Å². The molecule has 0 amide bonds. The summed E-state index contributed by atoms with van der Waals surface area (Å²) in [6.45, 7) is 0. The maximum Gasteiger partial charge on any atom is 0.137 e. The molecule has 0 fully saturated rings. The van der Waals surface area contributed by atoms with Crippen LogP contribution in [0.2, 0.25) is 0 Å². The fourth-order valence-electron chi connectivity index (χ4n) is 6.63. The minimum absolute atomic E-state index is 0.856. The molecule has 0 N–H and O–H groups in total. The first-order valence-electron chi connectivity index (χ1n) is 15.5. The summed E-state index contributed by atoms with van der Waals surface area (Å²) in [7, 11) is 0. The molecule has 0 radical (unpaired) electrons. The summed E-state index contributed by atoms with van der Waals surface area (Å²) in [5.41, 5.74) is 9.72. The van der Waals surface area contributed by atoms with Crippen LogP contribution in [0, 0.1) is 0 Å². The molecule has 0 spiro atoms. The Kier molecular flexibility index (Phi) is 6.14. The number of nitrogens with zero attached hydrogens (tertiary/aromatic N) is 2. The lowest BCUT2D eigenvalue weighted by molar-refractivity contribution is 0.669. The highest BCUT2D eigenvalue weighted by molar-refractivity contribution is 6.10. The molecule has 216 valence electrons. The van der Waals surface area contributed by atoms with Crippen molar-refractivity contribution in [2.24, 2.45) is 0 Å². The minimum atomic E-state index is 0.856. The van der Waals surface area contributed by atoms with Crippen LogP contribution in [0.3, 0.4) is 0 Å². The third-order valence-corrected chi connectivity index (χ3v) is 8.93. The van der Waals surface area contributed by atoms with Crippen LogP contribution in [0.1, 0.15) is 0 Å². The molecule has 2 aromatic heterocycles. The van der Waals surface area contributed by atoms with Crippen molar-refractivity contribution in [3.8, 4) is 22.3 Å². The average molecular weight is 589 g/mol. The second-order valence-electron chi connectivity index (χ2n) is 11.7. The SMILES string of the molecule is c1ccc(-c2ccc(N(c3ccc(-c4cccc5ccccc45)cc3)c3ccc4c(c3)oc3cc5ccncc5cc34)cc2)cc1. The fraction of sp³-hybridized carbons (Fsp3) is 0. The van der Waals surface area contributed by atoms with E-state index in [1.807, 2.05) is 18.5 Å². The number of fused-ring (bicyclic) bond motifs is 5. The molecule has 0 saturated carbocycles. The normalized spacial score (nSPS) is 11.5. The molecule has 0 atom stereocenters. The van der Waals surface area contributed by atoms with Gasteiger partial charge >= 0.3 is 0 Å². The first kappa shape index (κ1) is 26.2. The molecular weight excluding hydrogens is 560 g/mol. The molecule has 46 heavy (non-hydrogen) atoms. The van der Waals surface area contributed by atoms with Crippen molar-refractivity contribution in [3.05, 3.63) is 170 Å². The van der Waals surface area contributed by atoms with Crippen LogP contribution < -0.4 is 4.90 Å². The largest absolute Gasteiger partial charge is 0.456 e. The monoisotopic (exact) mass is 588 g/mol. The van der Waals surface area contributed by atoms with Gasteiger partial charge in [-0.1, -0.05) is 97.1 Å². The van der Waals surface area contributed by atoms with Crippen molar-refractivity contribution in [1.29, 1.82) is 0 Å². The third kappa shape index (κ3) is 4.49. The van der Waals surface area contributed by atoms with Crippen molar-refractivity contribution in [1.82, 2.24) is 4.98 Å². The molecule has 7 aromatic carbocycles. The third-order valence-electron chi connectivity index (χ3n) is 8.93. The highest BCUT2D eigenvalue weighted by atomic mass is 16.3. The molecule has 9 aromatic rings. The number of hydrogen-bond donors (Lipinski definition) is 0. The smallest absolute Gasteiger partial charge is 0.137 e. The first-order valence-corrected chi connectivity index (χ1v) is 15.5. The van der Waals surface area contributed by atoms with Crippen LogP contribution in [0.5, 0.6) is 0 Å². The van der Waals surface area contributed by atoms with Crippen LogP contribution >= 0.6 is 0 Å². The molecule has 0 saturated heterocycles. The lowest BCUT2D eigenvalue weighted by Crippen LogP contribution is -2.09. The van der Waals surface area contributed by atoms with Gasteiger partial charge in [0.1, 0.15) is 11.2 Å². The summed E-state index contributed by atoms with van der Waals surface area (Å²) >= 11 is 0. The number of furan rings is 1. The molecule has 3 heteroatoms. The Hall–Kier alpha value is -6.19. The number of aromatic nitrogens is 1. The zero-order valence-electron chi connectivity index (χ0n) is 25.0. The maximum atomic E-state index is 6.47. The molecule has 2 heterocycles. The van der Waals surface area contributed by atoms with Gasteiger partial charge in [-0.15, -0.1) is 0 Å². The Morgan fingerprint density at radius 3 is 1.91 bits per heavy atom. The van der Waals surface area contributed by atoms with Crippen LogP contribution in [0.4, 0.5) is 17.1 Å². The van der Waals surface area contributed by atoms with Crippen LogP contribution in [-0.2, 0) is 0 Å². The molecule has 0 unspecified atom stereocenters. The lowest BCUT2D eigenvalue weighted by Gasteiger charge is -2.26. The summed E-state index contributed by atoms with van der Waals surface area (Å²) < 4.78 is 6.47. The van der Waals surface area contributed by atoms with Gasteiger partial charge in [-0.25, -0.2) is 0 Å². The zero-order chi connectivity index (χ0) is 30.5. The second-order valence-corrected chi connectivity index (χ2v) is 11.7. The van der Waals surface area contributed by atoms with Gasteiger partial charge in [0.15, 0.2) is 0 Å². The van der Waals surface area contributed by atoms with Crippen molar-refractivity contribution >= 4 is 60.5 Å². The quantitative estimate of drug-likeness (QED) is 0.200. The Bertz CT molecular complexity index is 2510. The average Bonchev–Trinajstić information content (AvgIpc) is 3.48. The lowest BCUT2D eigenvalue weighted by atomic mass is 9.98. The van der Waals surface area contributed by atoms with Crippen LogP contribution in [0.25, 0.3) is 65.7 Å².